The molecule has 0 bridgehead atoms. The number of nitrogens with zero attached hydrogens (tertiary/aromatic N) is 2. The number of benzene rings is 1. The van der Waals surface area contributed by atoms with Gasteiger partial charge in [0.25, 0.3) is 0 Å². The van der Waals surface area contributed by atoms with E-state index < -0.39 is 11.6 Å². The summed E-state index contributed by atoms with van der Waals surface area (Å²) in [5, 5.41) is 6.65. The number of hydrogen-bond donors (Lipinski definition) is 2. The van der Waals surface area contributed by atoms with Crippen LogP contribution < -0.4 is 15.5 Å². The summed E-state index contributed by atoms with van der Waals surface area (Å²) in [4.78, 5) is 6.16. The number of halogens is 3. The summed E-state index contributed by atoms with van der Waals surface area (Å²) in [6, 6.07) is 3.93. The van der Waals surface area contributed by atoms with Crippen LogP contribution in [0.1, 0.15) is 12.8 Å². The van der Waals surface area contributed by atoms with E-state index in [1.54, 1.807) is 7.05 Å². The molecule has 1 atom stereocenters. The van der Waals surface area contributed by atoms with E-state index in [2.05, 4.69) is 21.9 Å². The van der Waals surface area contributed by atoms with Gasteiger partial charge in [-0.15, -0.1) is 24.0 Å². The molecular weight excluding hydrogens is 445 g/mol. The van der Waals surface area contributed by atoms with Crippen LogP contribution in [0.2, 0.25) is 0 Å². The monoisotopic (exact) mass is 470 g/mol. The number of guanidine groups is 1. The van der Waals surface area contributed by atoms with Crippen LogP contribution >= 0.6 is 35.7 Å². The van der Waals surface area contributed by atoms with Gasteiger partial charge in [0.15, 0.2) is 5.96 Å². The molecule has 1 aromatic rings. The number of hydrogen-bond acceptors (Lipinski definition) is 3. The average molecular weight is 470 g/mol. The normalized spacial score (nSPS) is 17.6. The number of nitrogens with one attached hydrogen (secondary N) is 2. The highest BCUT2D eigenvalue weighted by Gasteiger charge is 2.25. The highest BCUT2D eigenvalue weighted by Crippen LogP contribution is 2.24. The first kappa shape index (κ1) is 21.3. The molecule has 24 heavy (non-hydrogen) atoms. The van der Waals surface area contributed by atoms with Gasteiger partial charge < -0.3 is 15.5 Å². The zero-order valence-corrected chi connectivity index (χ0v) is 17.2. The van der Waals surface area contributed by atoms with E-state index in [-0.39, 0.29) is 30.0 Å². The van der Waals surface area contributed by atoms with E-state index in [9.17, 15) is 8.78 Å². The van der Waals surface area contributed by atoms with E-state index in [4.69, 9.17) is 0 Å². The second kappa shape index (κ2) is 11.0. The maximum absolute atomic E-state index is 13.9. The number of thioether (sulfide) groups is 1. The topological polar surface area (TPSA) is 39.7 Å². The first-order valence-corrected chi connectivity index (χ1v) is 9.19. The maximum Gasteiger partial charge on any atom is 0.191 e. The molecule has 0 saturated carbocycles. The van der Waals surface area contributed by atoms with Gasteiger partial charge in [0, 0.05) is 38.8 Å². The fourth-order valence-corrected chi connectivity index (χ4v) is 3.08. The third-order valence-electron chi connectivity index (χ3n) is 3.82. The molecule has 0 aliphatic carbocycles. The predicted molar refractivity (Wildman–Crippen MR) is 110 cm³/mol. The molecule has 1 saturated heterocycles. The van der Waals surface area contributed by atoms with E-state index in [0.29, 0.717) is 12.2 Å². The van der Waals surface area contributed by atoms with Gasteiger partial charge in [-0.05, 0) is 37.0 Å². The standard InChI is InChI=1S/C16H24F2N4S.HI/c1-19-16(20-7-3-9-23-2)21-13-6-8-22(11-13)15-5-4-12(17)10-14(15)18;/h4-5,10,13H,3,6-9,11H2,1-2H3,(H2,19,20,21);1H. The number of rotatable bonds is 6. The van der Waals surface area contributed by atoms with Crippen molar-refractivity contribution in [2.24, 2.45) is 4.99 Å². The molecule has 1 unspecified atom stereocenters. The molecule has 1 aliphatic heterocycles. The van der Waals surface area contributed by atoms with Crippen LogP contribution in [-0.4, -0.2) is 50.7 Å². The number of anilines is 1. The third-order valence-corrected chi connectivity index (χ3v) is 4.52. The Bertz CT molecular complexity index is 545. The van der Waals surface area contributed by atoms with Crippen molar-refractivity contribution >= 4 is 47.4 Å². The van der Waals surface area contributed by atoms with Crippen molar-refractivity contribution in [3.8, 4) is 0 Å². The highest BCUT2D eigenvalue weighted by atomic mass is 127. The van der Waals surface area contributed by atoms with Crippen molar-refractivity contribution in [1.82, 2.24) is 10.6 Å². The first-order valence-electron chi connectivity index (χ1n) is 7.80. The molecule has 1 heterocycles. The van der Waals surface area contributed by atoms with Crippen molar-refractivity contribution in [2.75, 3.05) is 43.6 Å². The van der Waals surface area contributed by atoms with E-state index in [1.165, 1.54) is 12.1 Å². The van der Waals surface area contributed by atoms with Crippen LogP contribution in [0, 0.1) is 11.6 Å². The lowest BCUT2D eigenvalue weighted by molar-refractivity contribution is 0.580. The zero-order valence-electron chi connectivity index (χ0n) is 14.0. The van der Waals surface area contributed by atoms with E-state index >= 15 is 0 Å². The Morgan fingerprint density at radius 2 is 2.21 bits per heavy atom. The molecule has 2 rings (SSSR count). The maximum atomic E-state index is 13.9. The summed E-state index contributed by atoms with van der Waals surface area (Å²) in [6.45, 7) is 2.29. The van der Waals surface area contributed by atoms with Gasteiger partial charge in [0.2, 0.25) is 0 Å². The quantitative estimate of drug-likeness (QED) is 0.290. The fraction of sp³-hybridized carbons (Fsp3) is 0.562. The zero-order chi connectivity index (χ0) is 16.7. The minimum Gasteiger partial charge on any atom is -0.367 e. The lowest BCUT2D eigenvalue weighted by Crippen LogP contribution is -2.45. The van der Waals surface area contributed by atoms with Gasteiger partial charge in [-0.2, -0.15) is 11.8 Å². The molecule has 136 valence electrons. The molecule has 0 aromatic heterocycles. The van der Waals surface area contributed by atoms with Gasteiger partial charge >= 0.3 is 0 Å². The van der Waals surface area contributed by atoms with Crippen molar-refractivity contribution in [3.63, 3.8) is 0 Å². The molecule has 0 radical (unpaired) electrons. The van der Waals surface area contributed by atoms with Crippen molar-refractivity contribution < 1.29 is 8.78 Å². The minimum absolute atomic E-state index is 0. The van der Waals surface area contributed by atoms with Crippen molar-refractivity contribution in [3.05, 3.63) is 29.8 Å². The molecule has 8 heteroatoms. The Balaban J connectivity index is 0.00000288. The predicted octanol–water partition coefficient (Wildman–Crippen LogP) is 3.08. The molecule has 4 nitrogen and oxygen atoms in total. The van der Waals surface area contributed by atoms with Crippen LogP contribution in [0.25, 0.3) is 0 Å². The molecule has 0 amide bonds. The highest BCUT2D eigenvalue weighted by molar-refractivity contribution is 14.0. The lowest BCUT2D eigenvalue weighted by Gasteiger charge is -2.21. The average Bonchev–Trinajstić information content (AvgIpc) is 2.98. The van der Waals surface area contributed by atoms with Crippen LogP contribution in [-0.2, 0) is 0 Å². The Morgan fingerprint density at radius 3 is 2.88 bits per heavy atom. The van der Waals surface area contributed by atoms with Gasteiger partial charge in [-0.1, -0.05) is 0 Å². The Morgan fingerprint density at radius 1 is 1.42 bits per heavy atom. The minimum atomic E-state index is -0.546. The summed E-state index contributed by atoms with van der Waals surface area (Å²) in [7, 11) is 1.75. The van der Waals surface area contributed by atoms with E-state index in [1.807, 2.05) is 16.7 Å². The van der Waals surface area contributed by atoms with Crippen LogP contribution in [0.5, 0.6) is 0 Å². The van der Waals surface area contributed by atoms with Gasteiger partial charge in [-0.3, -0.25) is 4.99 Å². The molecule has 2 N–H and O–H groups in total. The van der Waals surface area contributed by atoms with Gasteiger partial charge in [0.05, 0.1) is 5.69 Å². The van der Waals surface area contributed by atoms with Crippen molar-refractivity contribution in [1.29, 1.82) is 0 Å². The lowest BCUT2D eigenvalue weighted by atomic mass is 10.2. The fourth-order valence-electron chi connectivity index (χ4n) is 2.65. The first-order chi connectivity index (χ1) is 11.1. The van der Waals surface area contributed by atoms with E-state index in [0.717, 1.165) is 43.7 Å². The molecule has 0 spiro atoms. The Kier molecular flexibility index (Phi) is 9.72. The second-order valence-electron chi connectivity index (χ2n) is 5.52. The molecule has 1 fully saturated rings. The largest absolute Gasteiger partial charge is 0.367 e. The molecule has 1 aliphatic rings. The second-order valence-corrected chi connectivity index (χ2v) is 6.50. The van der Waals surface area contributed by atoms with Crippen molar-refractivity contribution in [2.45, 2.75) is 18.9 Å². The summed E-state index contributed by atoms with van der Waals surface area (Å²) in [5.41, 5.74) is 0.457. The van der Waals surface area contributed by atoms with Crippen LogP contribution in [0.3, 0.4) is 0 Å². The third kappa shape index (κ3) is 6.27. The number of aliphatic imine (C=N–C) groups is 1. The molecular formula is C16H25F2IN4S. The SMILES string of the molecule is CN=C(NCCCSC)NC1CCN(c2ccc(F)cc2F)C1.I. The summed E-state index contributed by atoms with van der Waals surface area (Å²) in [6.07, 6.45) is 4.07. The van der Waals surface area contributed by atoms with Crippen LogP contribution in [0.4, 0.5) is 14.5 Å². The van der Waals surface area contributed by atoms with Crippen LogP contribution in [0.15, 0.2) is 23.2 Å². The van der Waals surface area contributed by atoms with Gasteiger partial charge in [-0.25, -0.2) is 8.78 Å². The summed E-state index contributed by atoms with van der Waals surface area (Å²) >= 11 is 1.82. The molecule has 1 aromatic carbocycles. The summed E-state index contributed by atoms with van der Waals surface area (Å²) in [5.74, 6) is 0.836. The Hall–Kier alpha value is -0.770. The Labute approximate surface area is 163 Å². The summed E-state index contributed by atoms with van der Waals surface area (Å²) < 4.78 is 26.9. The smallest absolute Gasteiger partial charge is 0.191 e. The van der Waals surface area contributed by atoms with Gasteiger partial charge in [0.1, 0.15) is 11.6 Å².